The van der Waals surface area contributed by atoms with Crippen LogP contribution >= 0.6 is 22.7 Å². The molecule has 0 spiro atoms. The minimum absolute atomic E-state index is 0.112. The number of fused-ring (bicyclic) bond motifs is 1. The van der Waals surface area contributed by atoms with Crippen LogP contribution in [0, 0.1) is 0 Å². The van der Waals surface area contributed by atoms with E-state index in [9.17, 15) is 9.59 Å². The number of nitrogens with one attached hydrogen (secondary N) is 1. The zero-order valence-corrected chi connectivity index (χ0v) is 18.4. The van der Waals surface area contributed by atoms with Crippen LogP contribution in [-0.4, -0.2) is 21.6 Å². The number of thiophene rings is 2. The van der Waals surface area contributed by atoms with Gasteiger partial charge in [-0.05, 0) is 49.3 Å². The van der Waals surface area contributed by atoms with Gasteiger partial charge in [-0.3, -0.25) is 14.2 Å². The number of para-hydroxylation sites is 2. The monoisotopic (exact) mass is 451 g/mol. The van der Waals surface area contributed by atoms with Crippen LogP contribution in [-0.2, 0) is 11.3 Å². The fourth-order valence-corrected chi connectivity index (χ4v) is 5.62. The van der Waals surface area contributed by atoms with Crippen LogP contribution in [0.1, 0.15) is 25.7 Å². The van der Waals surface area contributed by atoms with Gasteiger partial charge in [0.15, 0.2) is 0 Å². The molecule has 0 atom stereocenters. The van der Waals surface area contributed by atoms with Crippen LogP contribution < -0.4 is 15.6 Å². The second-order valence-electron chi connectivity index (χ2n) is 7.55. The molecule has 5 rings (SSSR count). The highest BCUT2D eigenvalue weighted by Crippen LogP contribution is 2.33. The van der Waals surface area contributed by atoms with E-state index in [1.807, 2.05) is 47.2 Å². The molecule has 1 aromatic carbocycles. The summed E-state index contributed by atoms with van der Waals surface area (Å²) in [5, 5.41) is 7.39. The topological polar surface area (TPSA) is 73.2 Å². The minimum atomic E-state index is -0.293. The van der Waals surface area contributed by atoms with Crippen molar-refractivity contribution in [2.45, 2.75) is 38.3 Å². The molecule has 1 fully saturated rings. The molecule has 1 amide bonds. The van der Waals surface area contributed by atoms with E-state index in [1.54, 1.807) is 11.3 Å². The quantitative estimate of drug-likeness (QED) is 0.440. The lowest BCUT2D eigenvalue weighted by atomic mass is 10.2. The lowest BCUT2D eigenvalue weighted by Gasteiger charge is -2.17. The molecule has 6 nitrogen and oxygen atoms in total. The van der Waals surface area contributed by atoms with E-state index in [0.717, 1.165) is 23.3 Å². The van der Waals surface area contributed by atoms with Gasteiger partial charge in [-0.15, -0.1) is 22.7 Å². The van der Waals surface area contributed by atoms with Crippen molar-refractivity contribution in [3.63, 3.8) is 0 Å². The van der Waals surface area contributed by atoms with Gasteiger partial charge in [-0.2, -0.15) is 0 Å². The molecule has 1 saturated carbocycles. The maximum Gasteiger partial charge on any atom is 0.263 e. The van der Waals surface area contributed by atoms with Gasteiger partial charge in [0.05, 0.1) is 23.5 Å². The molecule has 158 valence electrons. The number of amides is 1. The summed E-state index contributed by atoms with van der Waals surface area (Å²) in [5.74, 6) is 0.375. The van der Waals surface area contributed by atoms with Crippen molar-refractivity contribution in [3.8, 4) is 16.2 Å². The molecule has 0 bridgehead atoms. The van der Waals surface area contributed by atoms with Crippen LogP contribution in [0.25, 0.3) is 20.7 Å². The van der Waals surface area contributed by atoms with Crippen molar-refractivity contribution < 1.29 is 9.53 Å². The number of aromatic nitrogens is 2. The molecule has 0 saturated heterocycles. The van der Waals surface area contributed by atoms with Crippen LogP contribution in [0.3, 0.4) is 0 Å². The average molecular weight is 452 g/mol. The van der Waals surface area contributed by atoms with Crippen LogP contribution in [0.15, 0.2) is 58.3 Å². The summed E-state index contributed by atoms with van der Waals surface area (Å²) in [4.78, 5) is 32.0. The van der Waals surface area contributed by atoms with Crippen LogP contribution in [0.4, 0.5) is 5.69 Å². The van der Waals surface area contributed by atoms with Crippen LogP contribution in [0.5, 0.6) is 5.75 Å². The Hall–Kier alpha value is -2.97. The lowest BCUT2D eigenvalue weighted by Crippen LogP contribution is -2.28. The Morgan fingerprint density at radius 1 is 1.16 bits per heavy atom. The van der Waals surface area contributed by atoms with Gasteiger partial charge in [0.25, 0.3) is 5.56 Å². The zero-order valence-electron chi connectivity index (χ0n) is 16.7. The summed E-state index contributed by atoms with van der Waals surface area (Å²) in [5.41, 5.74) is 1.29. The van der Waals surface area contributed by atoms with E-state index in [1.165, 1.54) is 35.1 Å². The number of carbonyl (C=O) groups excluding carboxylic acids is 1. The fourth-order valence-electron chi connectivity index (χ4n) is 3.90. The first-order chi connectivity index (χ1) is 15.2. The highest BCUT2D eigenvalue weighted by molar-refractivity contribution is 7.18. The molecule has 0 radical (unpaired) electrons. The summed E-state index contributed by atoms with van der Waals surface area (Å²) < 4.78 is 7.46. The summed E-state index contributed by atoms with van der Waals surface area (Å²) in [6.45, 7) is -0.112. The van der Waals surface area contributed by atoms with Gasteiger partial charge in [0, 0.05) is 15.8 Å². The maximum atomic E-state index is 13.1. The second-order valence-corrected chi connectivity index (χ2v) is 9.36. The van der Waals surface area contributed by atoms with Gasteiger partial charge in [0.2, 0.25) is 5.91 Å². The molecular formula is C23H21N3O3S2. The summed E-state index contributed by atoms with van der Waals surface area (Å²) in [6.07, 6.45) is 6.07. The van der Waals surface area contributed by atoms with E-state index >= 15 is 0 Å². The normalized spacial score (nSPS) is 14.2. The van der Waals surface area contributed by atoms with Crippen molar-refractivity contribution in [1.82, 2.24) is 9.55 Å². The van der Waals surface area contributed by atoms with Crippen molar-refractivity contribution in [2.24, 2.45) is 0 Å². The molecular weight excluding hydrogens is 430 g/mol. The van der Waals surface area contributed by atoms with Gasteiger partial charge in [0.1, 0.15) is 17.1 Å². The average Bonchev–Trinajstić information content (AvgIpc) is 3.53. The van der Waals surface area contributed by atoms with E-state index in [0.29, 0.717) is 21.7 Å². The third-order valence-corrected chi connectivity index (χ3v) is 7.21. The Morgan fingerprint density at radius 3 is 2.81 bits per heavy atom. The van der Waals surface area contributed by atoms with Crippen molar-refractivity contribution in [2.75, 3.05) is 5.32 Å². The standard InChI is InChI=1S/C23H21N3O3S2/c27-20(25-17-8-3-4-9-18(17)29-15-6-1-2-7-15)12-26-14-24-22-21(23(26)28)16(13-31-22)19-10-5-11-30-19/h3-5,8-11,13-15H,1-2,6-7,12H2,(H,25,27). The van der Waals surface area contributed by atoms with E-state index in [4.69, 9.17) is 4.74 Å². The smallest absolute Gasteiger partial charge is 0.263 e. The SMILES string of the molecule is O=C(Cn1cnc2scc(-c3cccs3)c2c1=O)Nc1ccccc1OC1CCCC1. The molecule has 3 heterocycles. The Labute approximate surface area is 187 Å². The fraction of sp³-hybridized carbons (Fsp3) is 0.261. The van der Waals surface area contributed by atoms with E-state index in [2.05, 4.69) is 10.3 Å². The third-order valence-electron chi connectivity index (χ3n) is 5.42. The highest BCUT2D eigenvalue weighted by Gasteiger charge is 2.19. The molecule has 3 aromatic heterocycles. The number of hydrogen-bond donors (Lipinski definition) is 1. The molecule has 0 unspecified atom stereocenters. The van der Waals surface area contributed by atoms with E-state index in [-0.39, 0.29) is 24.1 Å². The first kappa shape index (κ1) is 20.0. The van der Waals surface area contributed by atoms with Gasteiger partial charge < -0.3 is 10.1 Å². The van der Waals surface area contributed by atoms with Gasteiger partial charge in [-0.25, -0.2) is 4.98 Å². The second kappa shape index (κ2) is 8.64. The number of nitrogens with zero attached hydrogens (tertiary/aromatic N) is 2. The first-order valence-electron chi connectivity index (χ1n) is 10.2. The molecule has 4 aromatic rings. The minimum Gasteiger partial charge on any atom is -0.488 e. The van der Waals surface area contributed by atoms with Crippen LogP contribution in [0.2, 0.25) is 0 Å². The molecule has 8 heteroatoms. The molecule has 0 aliphatic heterocycles. The molecule has 31 heavy (non-hydrogen) atoms. The van der Waals surface area contributed by atoms with E-state index < -0.39 is 0 Å². The van der Waals surface area contributed by atoms with Crippen molar-refractivity contribution in [3.05, 3.63) is 63.8 Å². The summed E-state index contributed by atoms with van der Waals surface area (Å²) >= 11 is 3.02. The highest BCUT2D eigenvalue weighted by atomic mass is 32.1. The largest absolute Gasteiger partial charge is 0.488 e. The maximum absolute atomic E-state index is 13.1. The Bertz CT molecular complexity index is 1270. The van der Waals surface area contributed by atoms with Gasteiger partial charge in [-0.1, -0.05) is 18.2 Å². The number of benzene rings is 1. The molecule has 1 aliphatic rings. The Kier molecular flexibility index (Phi) is 5.57. The first-order valence-corrected chi connectivity index (χ1v) is 12.0. The third kappa shape index (κ3) is 4.13. The number of rotatable bonds is 6. The summed E-state index contributed by atoms with van der Waals surface area (Å²) in [6, 6.07) is 11.4. The number of carbonyl (C=O) groups is 1. The van der Waals surface area contributed by atoms with Crippen molar-refractivity contribution >= 4 is 44.5 Å². The molecule has 1 aliphatic carbocycles. The number of hydrogen-bond acceptors (Lipinski definition) is 6. The molecule has 1 N–H and O–H groups in total. The Morgan fingerprint density at radius 2 is 2.00 bits per heavy atom. The summed E-state index contributed by atoms with van der Waals surface area (Å²) in [7, 11) is 0. The lowest BCUT2D eigenvalue weighted by molar-refractivity contribution is -0.116. The van der Waals surface area contributed by atoms with Crippen molar-refractivity contribution in [1.29, 1.82) is 0 Å². The number of anilines is 1. The predicted molar refractivity (Wildman–Crippen MR) is 125 cm³/mol. The van der Waals surface area contributed by atoms with Gasteiger partial charge >= 0.3 is 0 Å². The Balaban J connectivity index is 1.37. The predicted octanol–water partition coefficient (Wildman–Crippen LogP) is 5.15. The number of ether oxygens (including phenoxy) is 1. The zero-order chi connectivity index (χ0) is 21.2.